The lowest BCUT2D eigenvalue weighted by molar-refractivity contribution is -0.115. The third-order valence-corrected chi connectivity index (χ3v) is 4.07. The highest BCUT2D eigenvalue weighted by Crippen LogP contribution is 2.29. The summed E-state index contributed by atoms with van der Waals surface area (Å²) in [6.45, 7) is 0.365. The quantitative estimate of drug-likeness (QED) is 0.668. The van der Waals surface area contributed by atoms with Crippen LogP contribution >= 0.6 is 11.6 Å². The normalized spacial score (nSPS) is 10.1. The van der Waals surface area contributed by atoms with Gasteiger partial charge < -0.3 is 24.8 Å². The van der Waals surface area contributed by atoms with Gasteiger partial charge in [-0.3, -0.25) is 4.79 Å². The number of halogens is 1. The summed E-state index contributed by atoms with van der Waals surface area (Å²) in [6.07, 6.45) is 0.180. The number of benzene rings is 2. The smallest absolute Gasteiger partial charge is 0.337 e. The monoisotopic (exact) mass is 392 g/mol. The van der Waals surface area contributed by atoms with Gasteiger partial charge >= 0.3 is 5.97 Å². The molecule has 0 aromatic heterocycles. The number of rotatable bonds is 8. The van der Waals surface area contributed by atoms with E-state index < -0.39 is 5.97 Å². The molecule has 0 saturated heterocycles. The fourth-order valence-corrected chi connectivity index (χ4v) is 2.51. The average Bonchev–Trinajstić information content (AvgIpc) is 2.68. The Balaban J connectivity index is 1.96. The first-order valence-corrected chi connectivity index (χ1v) is 8.50. The van der Waals surface area contributed by atoms with Crippen molar-refractivity contribution in [1.82, 2.24) is 0 Å². The Morgan fingerprint density at radius 1 is 1.00 bits per heavy atom. The molecule has 0 aliphatic heterocycles. The van der Waals surface area contributed by atoms with Crippen LogP contribution in [0.1, 0.15) is 16.8 Å². The van der Waals surface area contributed by atoms with E-state index in [-0.39, 0.29) is 12.3 Å². The molecule has 8 heteroatoms. The van der Waals surface area contributed by atoms with Crippen molar-refractivity contribution in [3.8, 4) is 11.5 Å². The number of carbonyl (C=O) groups is 2. The Hall–Kier alpha value is -2.93. The van der Waals surface area contributed by atoms with Gasteiger partial charge in [0.05, 0.1) is 43.3 Å². The van der Waals surface area contributed by atoms with Crippen LogP contribution in [0, 0.1) is 0 Å². The first kappa shape index (κ1) is 20.4. The lowest BCUT2D eigenvalue weighted by Gasteiger charge is -2.13. The van der Waals surface area contributed by atoms with Crippen molar-refractivity contribution >= 4 is 34.9 Å². The molecule has 0 spiro atoms. The summed E-state index contributed by atoms with van der Waals surface area (Å²) in [7, 11) is 4.43. The second-order valence-corrected chi connectivity index (χ2v) is 5.88. The van der Waals surface area contributed by atoms with Gasteiger partial charge in [0.15, 0.2) is 0 Å². The van der Waals surface area contributed by atoms with Crippen LogP contribution in [0.3, 0.4) is 0 Å². The molecule has 27 heavy (non-hydrogen) atoms. The predicted octanol–water partition coefficient (Wildman–Crippen LogP) is 3.58. The molecule has 0 saturated carbocycles. The number of carbonyl (C=O) groups excluding carboxylic acids is 2. The number of nitrogens with one attached hydrogen (secondary N) is 2. The number of hydrogen-bond acceptors (Lipinski definition) is 6. The van der Waals surface area contributed by atoms with E-state index in [0.717, 1.165) is 5.69 Å². The molecule has 0 aliphatic carbocycles. The second-order valence-electron chi connectivity index (χ2n) is 5.48. The Morgan fingerprint density at radius 3 is 2.44 bits per heavy atom. The van der Waals surface area contributed by atoms with E-state index in [1.807, 2.05) is 0 Å². The van der Waals surface area contributed by atoms with Gasteiger partial charge in [-0.15, -0.1) is 0 Å². The number of hydrogen-bond donors (Lipinski definition) is 2. The summed E-state index contributed by atoms with van der Waals surface area (Å²) >= 11 is 6.08. The molecule has 144 valence electrons. The van der Waals surface area contributed by atoms with Crippen LogP contribution in [0.25, 0.3) is 0 Å². The summed E-state index contributed by atoms with van der Waals surface area (Å²) in [5, 5.41) is 6.16. The number of methoxy groups -OCH3 is 3. The molecule has 1 amide bonds. The lowest BCUT2D eigenvalue weighted by atomic mass is 10.2. The highest BCUT2D eigenvalue weighted by Gasteiger charge is 2.12. The number of anilines is 2. The van der Waals surface area contributed by atoms with Crippen molar-refractivity contribution < 1.29 is 23.8 Å². The minimum absolute atomic E-state index is 0.180. The summed E-state index contributed by atoms with van der Waals surface area (Å²) in [4.78, 5) is 23.8. The van der Waals surface area contributed by atoms with Gasteiger partial charge in [0.1, 0.15) is 11.5 Å². The number of esters is 1. The first-order valence-electron chi connectivity index (χ1n) is 8.12. The maximum absolute atomic E-state index is 12.2. The molecule has 0 bridgehead atoms. The SMILES string of the molecule is COC(=O)c1ccc(Cl)c(NC(=O)CCNc2cc(OC)ccc2OC)c1. The van der Waals surface area contributed by atoms with Crippen molar-refractivity contribution in [2.45, 2.75) is 6.42 Å². The van der Waals surface area contributed by atoms with Gasteiger partial charge in [0.25, 0.3) is 0 Å². The fourth-order valence-electron chi connectivity index (χ4n) is 2.34. The Morgan fingerprint density at radius 2 is 1.78 bits per heavy atom. The van der Waals surface area contributed by atoms with Gasteiger partial charge in [-0.05, 0) is 30.3 Å². The standard InChI is InChI=1S/C19H21ClN2O5/c1-25-13-5-7-17(26-2)16(11-13)21-9-8-18(23)22-15-10-12(19(24)27-3)4-6-14(15)20/h4-7,10-11,21H,8-9H2,1-3H3,(H,22,23). The minimum Gasteiger partial charge on any atom is -0.497 e. The summed E-state index contributed by atoms with van der Waals surface area (Å²) in [5.41, 5.74) is 1.37. The topological polar surface area (TPSA) is 85.9 Å². The Kier molecular flexibility index (Phi) is 7.31. The van der Waals surface area contributed by atoms with Gasteiger partial charge in [-0.2, -0.15) is 0 Å². The summed E-state index contributed by atoms with van der Waals surface area (Å²) in [6, 6.07) is 9.88. The van der Waals surface area contributed by atoms with Crippen molar-refractivity contribution in [3.05, 3.63) is 47.0 Å². The Bertz CT molecular complexity index is 826. The van der Waals surface area contributed by atoms with Gasteiger partial charge in [0, 0.05) is 19.0 Å². The van der Waals surface area contributed by atoms with E-state index >= 15 is 0 Å². The molecule has 2 aromatic rings. The highest BCUT2D eigenvalue weighted by atomic mass is 35.5. The van der Waals surface area contributed by atoms with E-state index in [9.17, 15) is 9.59 Å². The minimum atomic E-state index is -0.506. The van der Waals surface area contributed by atoms with E-state index in [1.54, 1.807) is 32.4 Å². The van der Waals surface area contributed by atoms with E-state index in [4.69, 9.17) is 21.1 Å². The van der Waals surface area contributed by atoms with Crippen LogP contribution in [0.4, 0.5) is 11.4 Å². The molecule has 0 fully saturated rings. The van der Waals surface area contributed by atoms with E-state index in [1.165, 1.54) is 25.3 Å². The zero-order valence-corrected chi connectivity index (χ0v) is 16.1. The van der Waals surface area contributed by atoms with E-state index in [2.05, 4.69) is 15.4 Å². The predicted molar refractivity (Wildman–Crippen MR) is 104 cm³/mol. The molecule has 2 N–H and O–H groups in total. The fraction of sp³-hybridized carbons (Fsp3) is 0.263. The molecule has 2 rings (SSSR count). The van der Waals surface area contributed by atoms with Gasteiger partial charge in [-0.25, -0.2) is 4.79 Å². The number of amides is 1. The van der Waals surface area contributed by atoms with Crippen LogP contribution in [0.15, 0.2) is 36.4 Å². The molecular weight excluding hydrogens is 372 g/mol. The van der Waals surface area contributed by atoms with Gasteiger partial charge in [-0.1, -0.05) is 11.6 Å². The molecule has 0 heterocycles. The zero-order valence-electron chi connectivity index (χ0n) is 15.3. The van der Waals surface area contributed by atoms with Crippen LogP contribution in [-0.2, 0) is 9.53 Å². The highest BCUT2D eigenvalue weighted by molar-refractivity contribution is 6.33. The van der Waals surface area contributed by atoms with Crippen LogP contribution in [-0.4, -0.2) is 39.8 Å². The van der Waals surface area contributed by atoms with Gasteiger partial charge in [0.2, 0.25) is 5.91 Å². The molecule has 0 atom stereocenters. The maximum Gasteiger partial charge on any atom is 0.337 e. The third kappa shape index (κ3) is 5.52. The summed E-state index contributed by atoms with van der Waals surface area (Å²) < 4.78 is 15.1. The second kappa shape index (κ2) is 9.68. The first-order chi connectivity index (χ1) is 13.0. The van der Waals surface area contributed by atoms with Crippen molar-refractivity contribution in [2.24, 2.45) is 0 Å². The largest absolute Gasteiger partial charge is 0.497 e. The molecule has 2 aromatic carbocycles. The molecule has 0 aliphatic rings. The zero-order chi connectivity index (χ0) is 19.8. The van der Waals surface area contributed by atoms with Crippen molar-refractivity contribution in [1.29, 1.82) is 0 Å². The van der Waals surface area contributed by atoms with Crippen LogP contribution < -0.4 is 20.1 Å². The maximum atomic E-state index is 12.2. The molecule has 7 nitrogen and oxygen atoms in total. The third-order valence-electron chi connectivity index (χ3n) is 3.74. The van der Waals surface area contributed by atoms with Crippen molar-refractivity contribution in [2.75, 3.05) is 38.5 Å². The number of ether oxygens (including phenoxy) is 3. The van der Waals surface area contributed by atoms with E-state index in [0.29, 0.717) is 34.3 Å². The Labute approximate surface area is 162 Å². The molecule has 0 radical (unpaired) electrons. The lowest BCUT2D eigenvalue weighted by Crippen LogP contribution is -2.17. The molecular formula is C19H21ClN2O5. The molecule has 0 unspecified atom stereocenters. The van der Waals surface area contributed by atoms with Crippen molar-refractivity contribution in [3.63, 3.8) is 0 Å². The average molecular weight is 393 g/mol. The summed E-state index contributed by atoms with van der Waals surface area (Å²) in [5.74, 6) is 0.557. The van der Waals surface area contributed by atoms with Crippen LogP contribution in [0.2, 0.25) is 5.02 Å². The van der Waals surface area contributed by atoms with Crippen LogP contribution in [0.5, 0.6) is 11.5 Å².